The zero-order chi connectivity index (χ0) is 14.0. The van der Waals surface area contributed by atoms with Crippen LogP contribution < -0.4 is 10.6 Å². The molecule has 1 aliphatic rings. The zero-order valence-electron chi connectivity index (χ0n) is 11.5. The number of nitrogens with one attached hydrogen (secondary N) is 2. The van der Waals surface area contributed by atoms with Crippen molar-refractivity contribution in [3.8, 4) is 0 Å². The van der Waals surface area contributed by atoms with E-state index in [0.29, 0.717) is 0 Å². The summed E-state index contributed by atoms with van der Waals surface area (Å²) >= 11 is -0.0714. The minimum atomic E-state index is -0.290. The molecule has 0 radical (unpaired) electrons. The topological polar surface area (TPSA) is 66.9 Å². The van der Waals surface area contributed by atoms with Crippen molar-refractivity contribution >= 4 is 37.6 Å². The molecule has 1 aromatic heterocycles. The van der Waals surface area contributed by atoms with Crippen LogP contribution in [0, 0.1) is 5.41 Å². The van der Waals surface area contributed by atoms with Crippen LogP contribution in [0.15, 0.2) is 18.2 Å². The van der Waals surface area contributed by atoms with Gasteiger partial charge in [0, 0.05) is 0 Å². The molecule has 1 amide bonds. The molecule has 0 bridgehead atoms. The number of rotatable bonds is 3. The Bertz CT molecular complexity index is 618. The number of carbonyl (C=O) groups excluding carboxylic acids is 1. The molecule has 6 heteroatoms. The van der Waals surface area contributed by atoms with Gasteiger partial charge in [-0.1, -0.05) is 0 Å². The summed E-state index contributed by atoms with van der Waals surface area (Å²) in [6.07, 6.45) is 2.85. The van der Waals surface area contributed by atoms with E-state index in [1.165, 1.54) is 0 Å². The van der Waals surface area contributed by atoms with Gasteiger partial charge in [0.05, 0.1) is 0 Å². The van der Waals surface area contributed by atoms with Crippen molar-refractivity contribution < 1.29 is 4.79 Å². The predicted molar refractivity (Wildman–Crippen MR) is 79.9 cm³/mol. The molecule has 5 nitrogen and oxygen atoms in total. The van der Waals surface area contributed by atoms with Crippen molar-refractivity contribution in [3.63, 3.8) is 0 Å². The molecular formula is C14H18N4OSe. The Balaban J connectivity index is 1.86. The summed E-state index contributed by atoms with van der Waals surface area (Å²) < 4.78 is 8.76. The first-order chi connectivity index (χ1) is 9.75. The molecule has 2 heterocycles. The maximum absolute atomic E-state index is 12.7. The van der Waals surface area contributed by atoms with Crippen LogP contribution in [-0.4, -0.2) is 41.9 Å². The van der Waals surface area contributed by atoms with Crippen molar-refractivity contribution in [3.05, 3.63) is 18.2 Å². The first kappa shape index (κ1) is 13.7. The quantitative estimate of drug-likeness (QED) is 0.831. The van der Waals surface area contributed by atoms with Gasteiger partial charge in [-0.15, -0.1) is 0 Å². The summed E-state index contributed by atoms with van der Waals surface area (Å²) in [5.41, 5.74) is 2.25. The Labute approximate surface area is 124 Å². The van der Waals surface area contributed by atoms with Gasteiger partial charge in [-0.25, -0.2) is 0 Å². The van der Waals surface area contributed by atoms with Gasteiger partial charge in [0.25, 0.3) is 0 Å². The molecule has 0 spiro atoms. The zero-order valence-corrected chi connectivity index (χ0v) is 13.2. The van der Waals surface area contributed by atoms with Gasteiger partial charge in [-0.05, 0) is 0 Å². The number of aromatic nitrogens is 2. The second kappa shape index (κ2) is 5.64. The summed E-state index contributed by atoms with van der Waals surface area (Å²) in [6, 6.07) is 5.78. The van der Waals surface area contributed by atoms with Crippen molar-refractivity contribution in [2.45, 2.75) is 26.2 Å². The second-order valence-electron chi connectivity index (χ2n) is 5.31. The maximum atomic E-state index is 12.7. The summed E-state index contributed by atoms with van der Waals surface area (Å²) in [5.74, 6) is 0.107. The number of piperidine rings is 1. The Morgan fingerprint density at radius 3 is 3.15 bits per heavy atom. The molecule has 1 unspecified atom stereocenters. The number of carbonyl (C=O) groups is 1. The van der Waals surface area contributed by atoms with Crippen LogP contribution in [0.4, 0.5) is 5.69 Å². The van der Waals surface area contributed by atoms with Crippen molar-refractivity contribution in [1.29, 1.82) is 0 Å². The van der Waals surface area contributed by atoms with Crippen LogP contribution in [0.5, 0.6) is 0 Å². The molecule has 106 valence electrons. The third-order valence-electron chi connectivity index (χ3n) is 4.16. The molecule has 1 aliphatic heterocycles. The normalized spacial score (nSPS) is 22.9. The first-order valence-corrected chi connectivity index (χ1v) is 8.52. The molecule has 20 heavy (non-hydrogen) atoms. The molecule has 0 saturated carbocycles. The fourth-order valence-corrected chi connectivity index (χ4v) is 3.94. The molecule has 2 aromatic rings. The van der Waals surface area contributed by atoms with Gasteiger partial charge in [0.2, 0.25) is 0 Å². The van der Waals surface area contributed by atoms with Crippen LogP contribution >= 0.6 is 0 Å². The number of anilines is 1. The van der Waals surface area contributed by atoms with E-state index in [0.717, 1.165) is 49.1 Å². The van der Waals surface area contributed by atoms with Crippen molar-refractivity contribution in [2.75, 3.05) is 18.4 Å². The van der Waals surface area contributed by atoms with E-state index >= 15 is 0 Å². The van der Waals surface area contributed by atoms with Crippen molar-refractivity contribution in [2.24, 2.45) is 5.41 Å². The molecule has 3 rings (SSSR count). The van der Waals surface area contributed by atoms with Crippen LogP contribution in [-0.2, 0) is 4.79 Å². The summed E-state index contributed by atoms with van der Waals surface area (Å²) in [7, 11) is 0. The van der Waals surface area contributed by atoms with Crippen LogP contribution in [0.2, 0.25) is 0 Å². The number of nitrogens with zero attached hydrogens (tertiary/aromatic N) is 2. The third kappa shape index (κ3) is 2.39. The van der Waals surface area contributed by atoms with Gasteiger partial charge in [-0.2, -0.15) is 0 Å². The van der Waals surface area contributed by atoms with E-state index in [4.69, 9.17) is 0 Å². The predicted octanol–water partition coefficient (Wildman–Crippen LogP) is 1.41. The Morgan fingerprint density at radius 2 is 2.40 bits per heavy atom. The molecule has 0 aliphatic carbocycles. The molecule has 1 saturated heterocycles. The average Bonchev–Trinajstić information content (AvgIpc) is 2.97. The number of hydrogen-bond donors (Lipinski definition) is 2. The van der Waals surface area contributed by atoms with E-state index < -0.39 is 0 Å². The number of amides is 1. The van der Waals surface area contributed by atoms with E-state index in [9.17, 15) is 4.79 Å². The first-order valence-electron chi connectivity index (χ1n) is 6.99. The molecular weight excluding hydrogens is 319 g/mol. The number of hydrogen-bond acceptors (Lipinski definition) is 4. The molecule has 2 N–H and O–H groups in total. The van der Waals surface area contributed by atoms with E-state index in [1.54, 1.807) is 0 Å². The van der Waals surface area contributed by atoms with Gasteiger partial charge in [-0.3, -0.25) is 0 Å². The molecule has 1 atom stereocenters. The Hall–Kier alpha value is -1.23. The second-order valence-corrected chi connectivity index (χ2v) is 6.41. The third-order valence-corrected chi connectivity index (χ3v) is 5.30. The standard InChI is InChI=1S/C14H18N4OSe/c1-2-14(7-4-8-15-9-14)13(19)16-10-5-3-6-11-12(10)18-20-17-11/h3,5-6,15H,2,4,7-9H2,1H3,(H,16,19). The average molecular weight is 337 g/mol. The Kier molecular flexibility index (Phi) is 3.87. The van der Waals surface area contributed by atoms with E-state index in [-0.39, 0.29) is 26.3 Å². The fraction of sp³-hybridized carbons (Fsp3) is 0.500. The molecule has 1 aromatic carbocycles. The van der Waals surface area contributed by atoms with Crippen molar-refractivity contribution in [1.82, 2.24) is 13.3 Å². The van der Waals surface area contributed by atoms with Crippen LogP contribution in [0.1, 0.15) is 26.2 Å². The van der Waals surface area contributed by atoms with E-state index in [1.807, 2.05) is 18.2 Å². The number of benzene rings is 1. The Morgan fingerprint density at radius 1 is 1.50 bits per heavy atom. The molecule has 1 fully saturated rings. The summed E-state index contributed by atoms with van der Waals surface area (Å²) in [5, 5.41) is 6.43. The van der Waals surface area contributed by atoms with Crippen LogP contribution in [0.25, 0.3) is 11.0 Å². The van der Waals surface area contributed by atoms with Gasteiger partial charge in [0.15, 0.2) is 0 Å². The van der Waals surface area contributed by atoms with Crippen LogP contribution in [0.3, 0.4) is 0 Å². The monoisotopic (exact) mass is 338 g/mol. The minimum absolute atomic E-state index is 0.0714. The number of fused-ring (bicyclic) bond motifs is 1. The van der Waals surface area contributed by atoms with Gasteiger partial charge in [0.1, 0.15) is 0 Å². The fourth-order valence-electron chi connectivity index (χ4n) is 2.79. The van der Waals surface area contributed by atoms with E-state index in [2.05, 4.69) is 25.5 Å². The van der Waals surface area contributed by atoms with Gasteiger partial charge < -0.3 is 0 Å². The SMILES string of the molecule is CCC1(C(=O)Nc2cccc3n[se]nc23)CCCNC1. The summed E-state index contributed by atoms with van der Waals surface area (Å²) in [6.45, 7) is 3.85. The summed E-state index contributed by atoms with van der Waals surface area (Å²) in [4.78, 5) is 12.7. The van der Waals surface area contributed by atoms with Gasteiger partial charge >= 0.3 is 124 Å².